The zero-order valence-electron chi connectivity index (χ0n) is 26.3. The minimum absolute atomic E-state index is 0.00642. The van der Waals surface area contributed by atoms with Crippen LogP contribution in [-0.2, 0) is 42.1 Å². The zero-order chi connectivity index (χ0) is 34.0. The summed E-state index contributed by atoms with van der Waals surface area (Å²) in [6, 6.07) is 8.02. The number of anilines is 1. The van der Waals surface area contributed by atoms with Crippen molar-refractivity contribution in [3.63, 3.8) is 0 Å². The maximum absolute atomic E-state index is 13.5. The Balaban J connectivity index is 1.39. The lowest BCUT2D eigenvalue weighted by atomic mass is 10.0. The smallest absolute Gasteiger partial charge is 0.326 e. The number of halogens is 1. The number of amides is 1. The summed E-state index contributed by atoms with van der Waals surface area (Å²) in [5.41, 5.74) is 8.07. The first-order chi connectivity index (χ1) is 22.5. The van der Waals surface area contributed by atoms with Crippen molar-refractivity contribution in [3.8, 4) is 0 Å². The second kappa shape index (κ2) is 17.5. The molecule has 0 unspecified atom stereocenters. The molecule has 13 nitrogen and oxygen atoms in total. The average Bonchev–Trinajstić information content (AvgIpc) is 3.55. The predicted molar refractivity (Wildman–Crippen MR) is 180 cm³/mol. The Hall–Kier alpha value is -2.92. The Kier molecular flexibility index (Phi) is 13.7. The Morgan fingerprint density at radius 3 is 2.60 bits per heavy atom. The van der Waals surface area contributed by atoms with Crippen molar-refractivity contribution in [1.29, 1.82) is 0 Å². The number of carboxylic acids is 1. The van der Waals surface area contributed by atoms with Crippen LogP contribution in [-0.4, -0.2) is 80.8 Å². The number of sulfonamides is 1. The third-order valence-electron chi connectivity index (χ3n) is 8.11. The van der Waals surface area contributed by atoms with Crippen molar-refractivity contribution >= 4 is 57.1 Å². The first-order valence-electron chi connectivity index (χ1n) is 15.7. The molecule has 0 radical (unpaired) electrons. The van der Waals surface area contributed by atoms with Crippen molar-refractivity contribution in [1.82, 2.24) is 19.7 Å². The number of hydrogen-bond acceptors (Lipinski definition) is 11. The van der Waals surface area contributed by atoms with Gasteiger partial charge in [-0.3, -0.25) is 14.9 Å². The van der Waals surface area contributed by atoms with Gasteiger partial charge in [-0.15, -0.1) is 0 Å². The van der Waals surface area contributed by atoms with Gasteiger partial charge in [-0.1, -0.05) is 42.3 Å². The molecule has 0 aliphatic carbocycles. The molecule has 47 heavy (non-hydrogen) atoms. The van der Waals surface area contributed by atoms with Gasteiger partial charge in [0.05, 0.1) is 30.0 Å². The van der Waals surface area contributed by atoms with Gasteiger partial charge in [0.1, 0.15) is 17.0 Å². The molecule has 2 heterocycles. The van der Waals surface area contributed by atoms with Crippen molar-refractivity contribution in [3.05, 3.63) is 52.5 Å². The lowest BCUT2D eigenvalue weighted by molar-refractivity contribution is -0.150. The van der Waals surface area contributed by atoms with Crippen LogP contribution in [0.15, 0.2) is 46.2 Å². The maximum Gasteiger partial charge on any atom is 0.326 e. The second-order valence-electron chi connectivity index (χ2n) is 11.4. The van der Waals surface area contributed by atoms with Crippen molar-refractivity contribution < 1.29 is 32.6 Å². The largest absolute Gasteiger partial charge is 0.480 e. The fourth-order valence-electron chi connectivity index (χ4n) is 5.61. The summed E-state index contributed by atoms with van der Waals surface area (Å²) >= 11 is 7.63. The van der Waals surface area contributed by atoms with Crippen molar-refractivity contribution in [2.45, 2.75) is 86.3 Å². The Morgan fingerprint density at radius 2 is 1.89 bits per heavy atom. The molecule has 1 fully saturated rings. The Bertz CT molecular complexity index is 1510. The molecule has 2 aromatic carbocycles. The Morgan fingerprint density at radius 1 is 1.15 bits per heavy atom. The van der Waals surface area contributed by atoms with Crippen LogP contribution in [0.2, 0.25) is 5.02 Å². The standard InChI is InChI=1S/C31H43ClN6O7S2/c1-2-45-31(42)24(37-23(6-3-4-14-33)29(39)38-15-5-7-26(38)30(40)41)13-12-20-8-10-21(11-9-20)18-36-47(43,44)28-17-27-25(16-22(28)32)34-19-35-46-27/h8-11,16-17,23-24,26,34-37H,2-7,12-15,18-19,33H2,1H3,(H,40,41)/t23-,24-,26-/m0/s1. The molecule has 4 rings (SSSR count). The normalized spacial score (nSPS) is 17.4. The van der Waals surface area contributed by atoms with E-state index < -0.39 is 40.1 Å². The molecule has 7 N–H and O–H groups in total. The molecular formula is C31H43ClN6O7S2. The van der Waals surface area contributed by atoms with Gasteiger partial charge in [-0.05, 0) is 87.2 Å². The van der Waals surface area contributed by atoms with E-state index in [0.29, 0.717) is 64.7 Å². The number of ether oxygens (including phenoxy) is 1. The summed E-state index contributed by atoms with van der Waals surface area (Å²) in [6.07, 6.45) is 3.53. The van der Waals surface area contributed by atoms with Gasteiger partial charge in [0.25, 0.3) is 0 Å². The van der Waals surface area contributed by atoms with E-state index >= 15 is 0 Å². The van der Waals surface area contributed by atoms with Gasteiger partial charge < -0.3 is 25.8 Å². The fourth-order valence-corrected chi connectivity index (χ4v) is 7.97. The van der Waals surface area contributed by atoms with Gasteiger partial charge >= 0.3 is 11.9 Å². The summed E-state index contributed by atoms with van der Waals surface area (Å²) < 4.78 is 37.1. The highest BCUT2D eigenvalue weighted by Crippen LogP contribution is 2.35. The number of esters is 1. The van der Waals surface area contributed by atoms with Crippen LogP contribution in [0.1, 0.15) is 56.6 Å². The SMILES string of the molecule is CCOC(=O)[C@H](CCc1ccc(CNS(=O)(=O)c2cc3c(cc2Cl)NCNS3)cc1)N[C@@H](CCCCN)C(=O)N1CCC[C@H]1C(=O)O. The number of hydrogen-bond donors (Lipinski definition) is 6. The molecule has 1 saturated heterocycles. The van der Waals surface area contributed by atoms with Gasteiger partial charge in [-0.25, -0.2) is 22.7 Å². The summed E-state index contributed by atoms with van der Waals surface area (Å²) in [7, 11) is -3.89. The molecule has 0 aromatic heterocycles. The summed E-state index contributed by atoms with van der Waals surface area (Å²) in [5.74, 6) is -1.86. The van der Waals surface area contributed by atoms with E-state index in [-0.39, 0.29) is 29.0 Å². The molecule has 2 aliphatic heterocycles. The van der Waals surface area contributed by atoms with Crippen LogP contribution in [0.5, 0.6) is 0 Å². The van der Waals surface area contributed by atoms with Gasteiger partial charge in [0, 0.05) is 18.0 Å². The molecule has 0 saturated carbocycles. The number of rotatable bonds is 17. The third kappa shape index (κ3) is 10.0. The van der Waals surface area contributed by atoms with Gasteiger partial charge in [-0.2, -0.15) is 0 Å². The number of nitrogens with zero attached hydrogens (tertiary/aromatic N) is 1. The highest BCUT2D eigenvalue weighted by Gasteiger charge is 2.38. The number of aliphatic carboxylic acids is 1. The Labute approximate surface area is 284 Å². The number of carbonyl (C=O) groups excluding carboxylic acids is 2. The maximum atomic E-state index is 13.5. The number of carboxylic acid groups (broad SMARTS) is 1. The predicted octanol–water partition coefficient (Wildman–Crippen LogP) is 2.83. The highest BCUT2D eigenvalue weighted by molar-refractivity contribution is 7.97. The van der Waals surface area contributed by atoms with E-state index in [1.165, 1.54) is 22.9 Å². The average molecular weight is 711 g/mol. The number of nitrogens with one attached hydrogen (secondary N) is 4. The molecule has 1 amide bonds. The first-order valence-corrected chi connectivity index (χ1v) is 18.4. The minimum atomic E-state index is -3.89. The topological polar surface area (TPSA) is 192 Å². The van der Waals surface area contributed by atoms with Crippen LogP contribution < -0.4 is 25.8 Å². The highest BCUT2D eigenvalue weighted by atomic mass is 35.5. The third-order valence-corrected chi connectivity index (χ3v) is 10.8. The summed E-state index contributed by atoms with van der Waals surface area (Å²) in [4.78, 5) is 40.4. The van der Waals surface area contributed by atoms with Crippen LogP contribution in [0.25, 0.3) is 0 Å². The van der Waals surface area contributed by atoms with E-state index in [4.69, 9.17) is 22.1 Å². The van der Waals surface area contributed by atoms with Crippen LogP contribution >= 0.6 is 23.5 Å². The number of benzene rings is 2. The van der Waals surface area contributed by atoms with E-state index in [9.17, 15) is 27.9 Å². The van der Waals surface area contributed by atoms with E-state index in [0.717, 1.165) is 21.7 Å². The molecule has 2 aliphatic rings. The van der Waals surface area contributed by atoms with Crippen molar-refractivity contribution in [2.24, 2.45) is 5.73 Å². The molecular weight excluding hydrogens is 668 g/mol. The quantitative estimate of drug-likeness (QED) is 0.0801. The number of carbonyl (C=O) groups is 3. The monoisotopic (exact) mass is 710 g/mol. The van der Waals surface area contributed by atoms with Crippen molar-refractivity contribution in [2.75, 3.05) is 31.7 Å². The zero-order valence-corrected chi connectivity index (χ0v) is 28.7. The van der Waals surface area contributed by atoms with Crippen LogP contribution in [0.3, 0.4) is 0 Å². The van der Waals surface area contributed by atoms with Gasteiger partial charge in [0.15, 0.2) is 0 Å². The number of nitrogens with two attached hydrogens (primary N) is 1. The van der Waals surface area contributed by atoms with E-state index in [1.54, 1.807) is 25.1 Å². The molecule has 16 heteroatoms. The molecule has 3 atom stereocenters. The second-order valence-corrected chi connectivity index (χ2v) is 14.5. The van der Waals surface area contributed by atoms with E-state index in [2.05, 4.69) is 20.1 Å². The molecule has 0 bridgehead atoms. The minimum Gasteiger partial charge on any atom is -0.480 e. The fraction of sp³-hybridized carbons (Fsp3) is 0.516. The van der Waals surface area contributed by atoms with Gasteiger partial charge in [0.2, 0.25) is 15.9 Å². The first kappa shape index (κ1) is 36.9. The lowest BCUT2D eigenvalue weighted by Gasteiger charge is -2.30. The number of likely N-dealkylation sites (tertiary alicyclic amines) is 1. The van der Waals surface area contributed by atoms with Crippen LogP contribution in [0.4, 0.5) is 5.69 Å². The van der Waals surface area contributed by atoms with E-state index in [1.807, 2.05) is 12.1 Å². The number of unbranched alkanes of at least 4 members (excludes halogenated alkanes) is 1. The molecule has 0 spiro atoms. The van der Waals surface area contributed by atoms with Crippen LogP contribution in [0, 0.1) is 0 Å². The molecule has 258 valence electrons. The lowest BCUT2D eigenvalue weighted by Crippen LogP contribution is -2.54. The summed E-state index contributed by atoms with van der Waals surface area (Å²) in [5, 5.41) is 16.1. The molecule has 2 aromatic rings. The number of aryl methyl sites for hydroxylation is 1. The summed E-state index contributed by atoms with van der Waals surface area (Å²) in [6.45, 7) is 3.28. The number of fused-ring (bicyclic) bond motifs is 1.